The molecule has 0 aliphatic rings. The molecule has 0 amide bonds. The van der Waals surface area contributed by atoms with E-state index in [1.807, 2.05) is 32.0 Å². The number of rotatable bonds is 9. The average Bonchev–Trinajstić information content (AvgIpc) is 2.44. The predicted octanol–water partition coefficient (Wildman–Crippen LogP) is 1.83. The van der Waals surface area contributed by atoms with Crippen LogP contribution in [0.3, 0.4) is 0 Å². The molecule has 114 valence electrons. The van der Waals surface area contributed by atoms with Crippen LogP contribution in [-0.2, 0) is 9.47 Å². The Kier molecular flexibility index (Phi) is 7.36. The number of hydrogen-bond acceptors (Lipinski definition) is 5. The summed E-state index contributed by atoms with van der Waals surface area (Å²) in [7, 11) is 3.27. The summed E-state index contributed by atoms with van der Waals surface area (Å²) in [4.78, 5) is 0. The molecule has 1 aromatic rings. The molecule has 1 aromatic carbocycles. The Hall–Kier alpha value is -1.30. The Bertz CT molecular complexity index is 397. The summed E-state index contributed by atoms with van der Waals surface area (Å²) in [6.07, 6.45) is -0.576. The zero-order valence-electron chi connectivity index (χ0n) is 12.7. The summed E-state index contributed by atoms with van der Waals surface area (Å²) in [5.41, 5.74) is 2.06. The van der Waals surface area contributed by atoms with E-state index in [0.29, 0.717) is 13.2 Å². The van der Waals surface area contributed by atoms with Crippen molar-refractivity contribution in [2.24, 2.45) is 0 Å². The van der Waals surface area contributed by atoms with Gasteiger partial charge in [0.25, 0.3) is 0 Å². The topological polar surface area (TPSA) is 60.0 Å². The maximum atomic E-state index is 9.87. The molecule has 0 bridgehead atoms. The Labute approximate surface area is 120 Å². The van der Waals surface area contributed by atoms with Crippen molar-refractivity contribution in [3.8, 4) is 5.75 Å². The molecule has 0 radical (unpaired) electrons. The van der Waals surface area contributed by atoms with Crippen molar-refractivity contribution in [2.45, 2.75) is 26.1 Å². The normalized spacial score (nSPS) is 13.8. The van der Waals surface area contributed by atoms with Gasteiger partial charge in [0.05, 0.1) is 32.5 Å². The van der Waals surface area contributed by atoms with Crippen molar-refractivity contribution >= 4 is 5.69 Å². The number of anilines is 1. The standard InChI is InChI=1S/C15H25NO4/c1-11-7-14(19-4)5-6-15(11)16-8-13(17)10-20-12(2)9-18-3/h5-7,12-13,16-17H,8-10H2,1-4H3. The Morgan fingerprint density at radius 2 is 2.00 bits per heavy atom. The average molecular weight is 283 g/mol. The first-order valence-electron chi connectivity index (χ1n) is 6.74. The fraction of sp³-hybridized carbons (Fsp3) is 0.600. The number of aryl methyl sites for hydroxylation is 1. The number of aliphatic hydroxyl groups is 1. The zero-order chi connectivity index (χ0) is 15.0. The molecule has 2 N–H and O–H groups in total. The molecule has 5 nitrogen and oxygen atoms in total. The number of hydrogen-bond donors (Lipinski definition) is 2. The molecular formula is C15H25NO4. The maximum Gasteiger partial charge on any atom is 0.119 e. The van der Waals surface area contributed by atoms with Gasteiger partial charge < -0.3 is 24.6 Å². The van der Waals surface area contributed by atoms with E-state index in [1.54, 1.807) is 14.2 Å². The molecule has 0 spiro atoms. The van der Waals surface area contributed by atoms with Gasteiger partial charge in [0.2, 0.25) is 0 Å². The van der Waals surface area contributed by atoms with E-state index < -0.39 is 6.10 Å². The van der Waals surface area contributed by atoms with E-state index in [0.717, 1.165) is 17.0 Å². The van der Waals surface area contributed by atoms with Crippen molar-refractivity contribution < 1.29 is 19.3 Å². The summed E-state index contributed by atoms with van der Waals surface area (Å²) >= 11 is 0. The third kappa shape index (κ3) is 5.77. The molecule has 0 fully saturated rings. The van der Waals surface area contributed by atoms with Crippen molar-refractivity contribution in [2.75, 3.05) is 39.3 Å². The molecule has 0 aliphatic heterocycles. The number of ether oxygens (including phenoxy) is 3. The van der Waals surface area contributed by atoms with Crippen molar-refractivity contribution in [3.63, 3.8) is 0 Å². The van der Waals surface area contributed by atoms with Crippen LogP contribution in [0.5, 0.6) is 5.75 Å². The molecule has 5 heteroatoms. The fourth-order valence-electron chi connectivity index (χ4n) is 1.81. The largest absolute Gasteiger partial charge is 0.497 e. The van der Waals surface area contributed by atoms with E-state index in [1.165, 1.54) is 0 Å². The van der Waals surface area contributed by atoms with Crippen LogP contribution >= 0.6 is 0 Å². The van der Waals surface area contributed by atoms with Crippen molar-refractivity contribution in [1.29, 1.82) is 0 Å². The van der Waals surface area contributed by atoms with Gasteiger partial charge >= 0.3 is 0 Å². The zero-order valence-corrected chi connectivity index (χ0v) is 12.7. The molecule has 0 heterocycles. The second-order valence-corrected chi connectivity index (χ2v) is 4.81. The quantitative estimate of drug-likeness (QED) is 0.724. The minimum absolute atomic E-state index is 0.0163. The first-order chi connectivity index (χ1) is 9.56. The van der Waals surface area contributed by atoms with E-state index in [2.05, 4.69) is 5.32 Å². The summed E-state index contributed by atoms with van der Waals surface area (Å²) in [5, 5.41) is 13.1. The van der Waals surface area contributed by atoms with Gasteiger partial charge in [-0.1, -0.05) is 0 Å². The highest BCUT2D eigenvalue weighted by molar-refractivity contribution is 5.53. The summed E-state index contributed by atoms with van der Waals surface area (Å²) in [6.45, 7) is 5.16. The Balaban J connectivity index is 2.35. The van der Waals surface area contributed by atoms with E-state index in [9.17, 15) is 5.11 Å². The summed E-state index contributed by atoms with van der Waals surface area (Å²) < 4.78 is 15.6. The van der Waals surface area contributed by atoms with E-state index >= 15 is 0 Å². The molecule has 2 unspecified atom stereocenters. The second kappa shape index (κ2) is 8.79. The highest BCUT2D eigenvalue weighted by Crippen LogP contribution is 2.20. The van der Waals surface area contributed by atoms with Gasteiger partial charge in [-0.25, -0.2) is 0 Å². The molecule has 20 heavy (non-hydrogen) atoms. The van der Waals surface area contributed by atoms with Gasteiger partial charge in [0.1, 0.15) is 5.75 Å². The molecule has 0 saturated carbocycles. The van der Waals surface area contributed by atoms with Crippen LogP contribution in [0.1, 0.15) is 12.5 Å². The van der Waals surface area contributed by atoms with Crippen molar-refractivity contribution in [1.82, 2.24) is 0 Å². The monoisotopic (exact) mass is 283 g/mol. The fourth-order valence-corrected chi connectivity index (χ4v) is 1.81. The van der Waals surface area contributed by atoms with Gasteiger partial charge in [0, 0.05) is 19.3 Å². The Morgan fingerprint density at radius 1 is 1.25 bits per heavy atom. The van der Waals surface area contributed by atoms with Crippen LogP contribution in [-0.4, -0.2) is 51.3 Å². The number of aliphatic hydroxyl groups excluding tert-OH is 1. The number of benzene rings is 1. The third-order valence-corrected chi connectivity index (χ3v) is 2.94. The molecule has 0 aliphatic carbocycles. The van der Waals surface area contributed by atoms with Crippen LogP contribution in [0, 0.1) is 6.92 Å². The van der Waals surface area contributed by atoms with E-state index in [-0.39, 0.29) is 12.7 Å². The lowest BCUT2D eigenvalue weighted by Gasteiger charge is -2.17. The first-order valence-corrected chi connectivity index (χ1v) is 6.74. The number of nitrogens with one attached hydrogen (secondary N) is 1. The molecule has 1 rings (SSSR count). The minimum Gasteiger partial charge on any atom is -0.497 e. The third-order valence-electron chi connectivity index (χ3n) is 2.94. The summed E-state index contributed by atoms with van der Waals surface area (Å²) in [6, 6.07) is 5.78. The lowest BCUT2D eigenvalue weighted by atomic mass is 10.2. The van der Waals surface area contributed by atoms with Crippen LogP contribution in [0.4, 0.5) is 5.69 Å². The molecular weight excluding hydrogens is 258 g/mol. The molecule has 0 aromatic heterocycles. The SMILES string of the molecule is COCC(C)OCC(O)CNc1ccc(OC)cc1C. The lowest BCUT2D eigenvalue weighted by molar-refractivity contribution is -0.0282. The van der Waals surface area contributed by atoms with Crippen LogP contribution in [0.15, 0.2) is 18.2 Å². The highest BCUT2D eigenvalue weighted by Gasteiger charge is 2.09. The van der Waals surface area contributed by atoms with Crippen LogP contribution in [0.2, 0.25) is 0 Å². The first kappa shape index (κ1) is 16.8. The van der Waals surface area contributed by atoms with Gasteiger partial charge in [-0.15, -0.1) is 0 Å². The van der Waals surface area contributed by atoms with Crippen LogP contribution < -0.4 is 10.1 Å². The minimum atomic E-state index is -0.559. The van der Waals surface area contributed by atoms with Gasteiger partial charge in [-0.3, -0.25) is 0 Å². The number of methoxy groups -OCH3 is 2. The van der Waals surface area contributed by atoms with Crippen molar-refractivity contribution in [3.05, 3.63) is 23.8 Å². The van der Waals surface area contributed by atoms with Crippen LogP contribution in [0.25, 0.3) is 0 Å². The highest BCUT2D eigenvalue weighted by atomic mass is 16.5. The van der Waals surface area contributed by atoms with Gasteiger partial charge in [0.15, 0.2) is 0 Å². The van der Waals surface area contributed by atoms with E-state index in [4.69, 9.17) is 14.2 Å². The molecule has 2 atom stereocenters. The Morgan fingerprint density at radius 3 is 2.60 bits per heavy atom. The van der Waals surface area contributed by atoms with Gasteiger partial charge in [-0.05, 0) is 37.6 Å². The second-order valence-electron chi connectivity index (χ2n) is 4.81. The maximum absolute atomic E-state index is 9.87. The van der Waals surface area contributed by atoms with Gasteiger partial charge in [-0.2, -0.15) is 0 Å². The summed E-state index contributed by atoms with van der Waals surface area (Å²) in [5.74, 6) is 0.824. The smallest absolute Gasteiger partial charge is 0.119 e. The molecule has 0 saturated heterocycles. The lowest BCUT2D eigenvalue weighted by Crippen LogP contribution is -2.28. The predicted molar refractivity (Wildman–Crippen MR) is 79.5 cm³/mol.